The van der Waals surface area contributed by atoms with Gasteiger partial charge in [-0.2, -0.15) is 0 Å². The molecule has 0 N–H and O–H groups in total. The molecule has 0 aromatic carbocycles. The minimum Gasteiger partial charge on any atom is -0.443 e. The Kier molecular flexibility index (Phi) is 4.13. The first-order chi connectivity index (χ1) is 8.86. The molecule has 18 heavy (non-hydrogen) atoms. The normalized spacial score (nSPS) is 16.1. The van der Waals surface area contributed by atoms with E-state index in [4.69, 9.17) is 4.42 Å². The number of hydrogen-bond acceptors (Lipinski definition) is 2. The van der Waals surface area contributed by atoms with Gasteiger partial charge in [0.15, 0.2) is 12.2 Å². The second kappa shape index (κ2) is 6.01. The number of allylic oxidation sites excluding steroid dienone is 9. The second-order valence-electron chi connectivity index (χ2n) is 4.02. The van der Waals surface area contributed by atoms with Crippen molar-refractivity contribution in [2.45, 2.75) is 19.8 Å². The lowest BCUT2D eigenvalue weighted by Crippen LogP contribution is -1.91. The summed E-state index contributed by atoms with van der Waals surface area (Å²) in [6, 6.07) is 0. The first kappa shape index (κ1) is 12.4. The van der Waals surface area contributed by atoms with E-state index in [0.717, 1.165) is 35.4 Å². The summed E-state index contributed by atoms with van der Waals surface area (Å²) in [6.07, 6.45) is 17.8. The molecule has 0 saturated heterocycles. The minimum absolute atomic E-state index is 0.779. The van der Waals surface area contributed by atoms with Crippen LogP contribution >= 0.6 is 0 Å². The Morgan fingerprint density at radius 1 is 1.44 bits per heavy atom. The maximum absolute atomic E-state index is 5.51. The average molecular weight is 239 g/mol. The van der Waals surface area contributed by atoms with Crippen LogP contribution in [0.2, 0.25) is 0 Å². The van der Waals surface area contributed by atoms with E-state index in [2.05, 4.69) is 29.8 Å². The predicted octanol–water partition coefficient (Wildman–Crippen LogP) is 4.55. The van der Waals surface area contributed by atoms with E-state index >= 15 is 0 Å². The van der Waals surface area contributed by atoms with Gasteiger partial charge in [0.2, 0.25) is 0 Å². The summed E-state index contributed by atoms with van der Waals surface area (Å²) >= 11 is 0. The average Bonchev–Trinajstić information content (AvgIpc) is 2.90. The molecule has 0 fully saturated rings. The van der Waals surface area contributed by atoms with Crippen LogP contribution in [-0.2, 0) is 0 Å². The third kappa shape index (κ3) is 2.59. The third-order valence-corrected chi connectivity index (χ3v) is 2.79. The highest BCUT2D eigenvalue weighted by atomic mass is 16.3. The van der Waals surface area contributed by atoms with Crippen LogP contribution in [0.15, 0.2) is 59.9 Å². The zero-order valence-electron chi connectivity index (χ0n) is 10.6. The van der Waals surface area contributed by atoms with Gasteiger partial charge in [0, 0.05) is 5.57 Å². The van der Waals surface area contributed by atoms with Crippen molar-refractivity contribution < 1.29 is 4.42 Å². The van der Waals surface area contributed by atoms with Gasteiger partial charge >= 0.3 is 0 Å². The van der Waals surface area contributed by atoms with E-state index in [1.54, 1.807) is 6.08 Å². The van der Waals surface area contributed by atoms with Crippen LogP contribution in [0.1, 0.15) is 31.2 Å². The maximum atomic E-state index is 5.51. The van der Waals surface area contributed by atoms with Crippen molar-refractivity contribution in [1.82, 2.24) is 4.98 Å². The summed E-state index contributed by atoms with van der Waals surface area (Å²) < 4.78 is 5.51. The summed E-state index contributed by atoms with van der Waals surface area (Å²) in [6.45, 7) is 5.81. The summed E-state index contributed by atoms with van der Waals surface area (Å²) in [4.78, 5) is 4.32. The Labute approximate surface area is 108 Å². The first-order valence-corrected chi connectivity index (χ1v) is 6.13. The highest BCUT2D eigenvalue weighted by Crippen LogP contribution is 2.28. The molecule has 1 aromatic rings. The molecule has 1 heterocycles. The largest absolute Gasteiger partial charge is 0.443 e. The third-order valence-electron chi connectivity index (χ3n) is 2.79. The zero-order chi connectivity index (χ0) is 12.8. The monoisotopic (exact) mass is 239 g/mol. The molecule has 0 saturated carbocycles. The van der Waals surface area contributed by atoms with Crippen molar-refractivity contribution in [3.8, 4) is 0 Å². The van der Waals surface area contributed by atoms with Gasteiger partial charge in [0.05, 0.1) is 0 Å². The highest BCUT2D eigenvalue weighted by Gasteiger charge is 2.14. The zero-order valence-corrected chi connectivity index (χ0v) is 10.6. The molecule has 1 aliphatic rings. The quantitative estimate of drug-likeness (QED) is 0.720. The molecular weight excluding hydrogens is 222 g/mol. The van der Waals surface area contributed by atoms with Crippen LogP contribution < -0.4 is 0 Å². The summed E-state index contributed by atoms with van der Waals surface area (Å²) in [7, 11) is 0. The molecule has 0 spiro atoms. The molecule has 0 unspecified atom stereocenters. The van der Waals surface area contributed by atoms with E-state index in [1.165, 1.54) is 6.39 Å². The minimum atomic E-state index is 0.779. The highest BCUT2D eigenvalue weighted by molar-refractivity contribution is 5.83. The number of oxazole rings is 1. The smallest absolute Gasteiger partial charge is 0.182 e. The van der Waals surface area contributed by atoms with Gasteiger partial charge in [-0.3, -0.25) is 0 Å². The van der Waals surface area contributed by atoms with Gasteiger partial charge in [-0.15, -0.1) is 0 Å². The molecular formula is C16H17NO. The van der Waals surface area contributed by atoms with E-state index in [9.17, 15) is 0 Å². The topological polar surface area (TPSA) is 26.0 Å². The van der Waals surface area contributed by atoms with Crippen molar-refractivity contribution in [2.24, 2.45) is 0 Å². The fraction of sp³-hybridized carbons (Fsp3) is 0.188. The molecule has 2 nitrogen and oxygen atoms in total. The van der Waals surface area contributed by atoms with E-state index < -0.39 is 0 Å². The number of aromatic nitrogens is 1. The standard InChI is InChI=1S/C16H17NO/c1-3-5-9-13(4-2)16-15(17-12-18-16)14-10-7-6-8-11-14/h3-5,7,9-12H,2,6,8H2,1H3/b5-3-,13-9+. The van der Waals surface area contributed by atoms with Crippen LogP contribution in [0.5, 0.6) is 0 Å². The molecule has 2 heteroatoms. The summed E-state index contributed by atoms with van der Waals surface area (Å²) in [5.41, 5.74) is 2.96. The fourth-order valence-electron chi connectivity index (χ4n) is 1.88. The number of rotatable bonds is 4. The van der Waals surface area contributed by atoms with Crippen LogP contribution in [-0.4, -0.2) is 4.98 Å². The van der Waals surface area contributed by atoms with Crippen LogP contribution in [0.25, 0.3) is 11.1 Å². The molecule has 1 aromatic heterocycles. The van der Waals surface area contributed by atoms with E-state index in [-0.39, 0.29) is 0 Å². The molecule has 0 aliphatic heterocycles. The van der Waals surface area contributed by atoms with Crippen molar-refractivity contribution in [1.29, 1.82) is 0 Å². The van der Waals surface area contributed by atoms with E-state index in [0.29, 0.717) is 0 Å². The molecule has 92 valence electrons. The van der Waals surface area contributed by atoms with Crippen molar-refractivity contribution >= 4 is 11.1 Å². The van der Waals surface area contributed by atoms with Crippen LogP contribution in [0, 0.1) is 0 Å². The first-order valence-electron chi connectivity index (χ1n) is 6.13. The lowest BCUT2D eigenvalue weighted by molar-refractivity contribution is 0.545. The number of nitrogens with zero attached hydrogens (tertiary/aromatic N) is 1. The molecule has 0 atom stereocenters. The Balaban J connectivity index is 2.40. The molecule has 0 bridgehead atoms. The van der Waals surface area contributed by atoms with Crippen LogP contribution in [0.4, 0.5) is 0 Å². The van der Waals surface area contributed by atoms with Gasteiger partial charge in [0.25, 0.3) is 0 Å². The van der Waals surface area contributed by atoms with Crippen molar-refractivity contribution in [3.63, 3.8) is 0 Å². The lowest BCUT2D eigenvalue weighted by Gasteiger charge is -2.06. The summed E-state index contributed by atoms with van der Waals surface area (Å²) in [5, 5.41) is 0. The van der Waals surface area contributed by atoms with Gasteiger partial charge in [-0.1, -0.05) is 49.1 Å². The summed E-state index contributed by atoms with van der Waals surface area (Å²) in [5.74, 6) is 0.779. The van der Waals surface area contributed by atoms with Gasteiger partial charge < -0.3 is 4.42 Å². The molecule has 1 aliphatic carbocycles. The number of hydrogen-bond donors (Lipinski definition) is 0. The van der Waals surface area contributed by atoms with Crippen LogP contribution in [0.3, 0.4) is 0 Å². The Hall–Kier alpha value is -2.09. The van der Waals surface area contributed by atoms with Crippen molar-refractivity contribution in [2.75, 3.05) is 0 Å². The Morgan fingerprint density at radius 2 is 2.33 bits per heavy atom. The molecule has 0 amide bonds. The van der Waals surface area contributed by atoms with E-state index in [1.807, 2.05) is 25.2 Å². The van der Waals surface area contributed by atoms with Gasteiger partial charge in [-0.05, 0) is 25.3 Å². The molecule has 0 radical (unpaired) electrons. The predicted molar refractivity (Wildman–Crippen MR) is 75.8 cm³/mol. The Bertz CT molecular complexity index is 541. The second-order valence-corrected chi connectivity index (χ2v) is 4.02. The van der Waals surface area contributed by atoms with Gasteiger partial charge in [0.1, 0.15) is 5.69 Å². The molecule has 2 rings (SSSR count). The fourth-order valence-corrected chi connectivity index (χ4v) is 1.88. The lowest BCUT2D eigenvalue weighted by atomic mass is 10.0. The SMILES string of the molecule is C=C/C(=C\C=C/C)c1ocnc1C1=CCCC=C1. The van der Waals surface area contributed by atoms with Crippen molar-refractivity contribution in [3.05, 3.63) is 67.0 Å². The Morgan fingerprint density at radius 3 is 3.00 bits per heavy atom. The van der Waals surface area contributed by atoms with Gasteiger partial charge in [-0.25, -0.2) is 4.98 Å². The maximum Gasteiger partial charge on any atom is 0.182 e.